The van der Waals surface area contributed by atoms with Crippen molar-refractivity contribution in [3.8, 4) is 0 Å². The molecule has 2 nitrogen and oxygen atoms in total. The molecule has 0 aliphatic rings. The van der Waals surface area contributed by atoms with Crippen molar-refractivity contribution in [2.24, 2.45) is 0 Å². The fraction of sp³-hybridized carbons (Fsp3) is 0. The van der Waals surface area contributed by atoms with Crippen molar-refractivity contribution in [1.29, 1.82) is 0 Å². The summed E-state index contributed by atoms with van der Waals surface area (Å²) in [5, 5.41) is 0. The predicted molar refractivity (Wildman–Crippen MR) is 12.9 cm³/mol. The molecule has 5 heavy (non-hydrogen) atoms. The van der Waals surface area contributed by atoms with Crippen LogP contribution in [0.1, 0.15) is 0 Å². The van der Waals surface area contributed by atoms with Crippen molar-refractivity contribution in [3.63, 3.8) is 0 Å². The van der Waals surface area contributed by atoms with Crippen LogP contribution < -0.4 is 0 Å². The zero-order valence-electron chi connectivity index (χ0n) is 2.13. The first kappa shape index (κ1) is 16.5. The van der Waals surface area contributed by atoms with E-state index in [0.29, 0.717) is 0 Å². The van der Waals surface area contributed by atoms with Crippen LogP contribution in [0.4, 0.5) is 0 Å². The van der Waals surface area contributed by atoms with Crippen LogP contribution in [-0.4, -0.2) is 33.2 Å². The van der Waals surface area contributed by atoms with Gasteiger partial charge in [-0.3, -0.25) is 8.92 Å². The maximum Gasteiger partial charge on any atom is 0.549 e. The Bertz CT molecular complexity index is 30.6. The van der Waals surface area contributed by atoms with Crippen LogP contribution in [0.15, 0.2) is 0 Å². The SMILES string of the molecule is O=[Si]=O.[Ni].[Sn]. The van der Waals surface area contributed by atoms with Gasteiger partial charge in [0.2, 0.25) is 0 Å². The van der Waals surface area contributed by atoms with Gasteiger partial charge in [-0.05, 0) is 0 Å². The summed E-state index contributed by atoms with van der Waals surface area (Å²) < 4.78 is 16.8. The van der Waals surface area contributed by atoms with Crippen LogP contribution >= 0.6 is 0 Å². The molecule has 0 unspecified atom stereocenters. The summed E-state index contributed by atoms with van der Waals surface area (Å²) in [5.74, 6) is 0. The van der Waals surface area contributed by atoms with Gasteiger partial charge in [-0.25, -0.2) is 0 Å². The molecule has 30 valence electrons. The monoisotopic (exact) mass is 238 g/mol. The quantitative estimate of drug-likeness (QED) is 0.507. The summed E-state index contributed by atoms with van der Waals surface area (Å²) in [4.78, 5) is 0. The van der Waals surface area contributed by atoms with E-state index in [2.05, 4.69) is 0 Å². The molecular weight excluding hydrogens is 237 g/mol. The van der Waals surface area contributed by atoms with Gasteiger partial charge in [0.25, 0.3) is 0 Å². The Balaban J connectivity index is -0.0000000200. The summed E-state index contributed by atoms with van der Waals surface area (Å²) >= 11 is 0. The molecule has 0 atom stereocenters. The molecule has 5 heteroatoms. The fourth-order valence-electron chi connectivity index (χ4n) is 0. The summed E-state index contributed by atoms with van der Waals surface area (Å²) in [7, 11) is -1.42. The molecule has 0 saturated heterocycles. The molecular formula is NiO2SiSn. The predicted octanol–water partition coefficient (Wildman–Crippen LogP) is -1.00. The Labute approximate surface area is 58.5 Å². The van der Waals surface area contributed by atoms with Crippen LogP contribution in [0.25, 0.3) is 0 Å². The zero-order chi connectivity index (χ0) is 2.71. The van der Waals surface area contributed by atoms with Gasteiger partial charge in [0, 0.05) is 40.4 Å². The van der Waals surface area contributed by atoms with Crippen LogP contribution in [0, 0.1) is 0 Å². The third-order valence-electron chi connectivity index (χ3n) is 0. The van der Waals surface area contributed by atoms with Gasteiger partial charge >= 0.3 is 9.29 Å². The molecule has 0 aliphatic heterocycles. The molecule has 0 aromatic heterocycles. The van der Waals surface area contributed by atoms with Crippen molar-refractivity contribution >= 4 is 33.2 Å². The molecule has 4 radical (unpaired) electrons. The van der Waals surface area contributed by atoms with Crippen molar-refractivity contribution in [1.82, 2.24) is 0 Å². The maximum atomic E-state index is 8.40. The Kier molecular flexibility index (Phi) is 64.0. The second kappa shape index (κ2) is 19.4. The van der Waals surface area contributed by atoms with Crippen LogP contribution in [0.2, 0.25) is 0 Å². The van der Waals surface area contributed by atoms with E-state index in [1.165, 1.54) is 0 Å². The van der Waals surface area contributed by atoms with Crippen LogP contribution in [0.5, 0.6) is 0 Å². The Morgan fingerprint density at radius 3 is 1.20 bits per heavy atom. The molecule has 0 spiro atoms. The molecule has 0 fully saturated rings. The standard InChI is InChI=1S/Ni.O2Si.Sn/c;1-3-2;. The third kappa shape index (κ3) is 40.1. The summed E-state index contributed by atoms with van der Waals surface area (Å²) in [6.07, 6.45) is 0. The van der Waals surface area contributed by atoms with Gasteiger partial charge in [0.15, 0.2) is 0 Å². The van der Waals surface area contributed by atoms with Gasteiger partial charge in [0.05, 0.1) is 0 Å². The Morgan fingerprint density at radius 2 is 1.20 bits per heavy atom. The molecule has 0 N–H and O–H groups in total. The minimum absolute atomic E-state index is 0. The average molecular weight is 237 g/mol. The summed E-state index contributed by atoms with van der Waals surface area (Å²) in [6.45, 7) is 0. The van der Waals surface area contributed by atoms with Gasteiger partial charge in [-0.2, -0.15) is 0 Å². The molecule has 0 bridgehead atoms. The minimum atomic E-state index is -1.42. The van der Waals surface area contributed by atoms with E-state index in [1.807, 2.05) is 0 Å². The fourth-order valence-corrected chi connectivity index (χ4v) is 0. The topological polar surface area (TPSA) is 34.1 Å². The smallest absolute Gasteiger partial charge is 0.274 e. The number of hydrogen-bond donors (Lipinski definition) is 0. The molecule has 0 aromatic carbocycles. The number of hydrogen-bond acceptors (Lipinski definition) is 2. The summed E-state index contributed by atoms with van der Waals surface area (Å²) in [5.41, 5.74) is 0. The Hall–Kier alpha value is 1.11. The van der Waals surface area contributed by atoms with E-state index in [0.717, 1.165) is 0 Å². The van der Waals surface area contributed by atoms with Gasteiger partial charge in [-0.15, -0.1) is 0 Å². The van der Waals surface area contributed by atoms with Gasteiger partial charge < -0.3 is 0 Å². The van der Waals surface area contributed by atoms with E-state index in [1.54, 1.807) is 0 Å². The molecule has 0 saturated carbocycles. The van der Waals surface area contributed by atoms with Gasteiger partial charge in [-0.1, -0.05) is 0 Å². The first-order chi connectivity index (χ1) is 1.41. The van der Waals surface area contributed by atoms with E-state index in [4.69, 9.17) is 8.92 Å². The summed E-state index contributed by atoms with van der Waals surface area (Å²) in [6, 6.07) is 0. The van der Waals surface area contributed by atoms with Crippen molar-refractivity contribution in [2.75, 3.05) is 0 Å². The van der Waals surface area contributed by atoms with Gasteiger partial charge in [0.1, 0.15) is 0 Å². The average Bonchev–Trinajstić information content (AvgIpc) is 0.918. The van der Waals surface area contributed by atoms with Crippen LogP contribution in [-0.2, 0) is 25.4 Å². The maximum absolute atomic E-state index is 8.40. The first-order valence-electron chi connectivity index (χ1n) is 0.408. The van der Waals surface area contributed by atoms with Crippen molar-refractivity contribution in [2.45, 2.75) is 0 Å². The third-order valence-corrected chi connectivity index (χ3v) is 0. The number of rotatable bonds is 0. The Morgan fingerprint density at radius 1 is 1.20 bits per heavy atom. The molecule has 0 amide bonds. The normalized spacial score (nSPS) is 1.60. The second-order valence-electron chi connectivity index (χ2n) is 0.0833. The molecule has 0 aliphatic carbocycles. The minimum Gasteiger partial charge on any atom is -0.274 e. The molecule has 0 aromatic rings. The molecule has 0 heterocycles. The molecule has 0 rings (SSSR count). The van der Waals surface area contributed by atoms with Crippen LogP contribution in [0.3, 0.4) is 0 Å². The van der Waals surface area contributed by atoms with E-state index in [-0.39, 0.29) is 40.4 Å². The van der Waals surface area contributed by atoms with E-state index in [9.17, 15) is 0 Å². The van der Waals surface area contributed by atoms with Crippen molar-refractivity contribution < 1.29 is 25.4 Å². The first-order valence-corrected chi connectivity index (χ1v) is 1.22. The van der Waals surface area contributed by atoms with E-state index < -0.39 is 9.29 Å². The van der Waals surface area contributed by atoms with E-state index >= 15 is 0 Å². The van der Waals surface area contributed by atoms with Crippen molar-refractivity contribution in [3.05, 3.63) is 0 Å². The second-order valence-corrected chi connectivity index (χ2v) is 0.250. The zero-order valence-corrected chi connectivity index (χ0v) is 6.97. The largest absolute Gasteiger partial charge is 0.549 e.